The molecule has 0 aromatic heterocycles. The van der Waals surface area contributed by atoms with E-state index in [0.29, 0.717) is 6.42 Å². The highest BCUT2D eigenvalue weighted by molar-refractivity contribution is 5.82. The lowest BCUT2D eigenvalue weighted by molar-refractivity contribution is -0.152. The van der Waals surface area contributed by atoms with Crippen LogP contribution in [0.5, 0.6) is 0 Å². The van der Waals surface area contributed by atoms with Crippen LogP contribution in [0.4, 0.5) is 0 Å². The molecule has 3 saturated carbocycles. The molecule has 0 heterocycles. The molecule has 4 unspecified atom stereocenters. The molecule has 0 aromatic rings. The molecule has 0 aromatic carbocycles. The summed E-state index contributed by atoms with van der Waals surface area (Å²) < 4.78 is 0. The van der Waals surface area contributed by atoms with Crippen LogP contribution in [0, 0.1) is 23.2 Å². The van der Waals surface area contributed by atoms with Crippen molar-refractivity contribution in [2.75, 3.05) is 0 Å². The second-order valence-electron chi connectivity index (χ2n) is 6.95. The lowest BCUT2D eigenvalue weighted by atomic mass is 9.71. The Hall–Kier alpha value is -1.06. The van der Waals surface area contributed by atoms with E-state index in [1.807, 2.05) is 0 Å². The summed E-state index contributed by atoms with van der Waals surface area (Å²) in [5.41, 5.74) is -0.782. The Kier molecular flexibility index (Phi) is 3.06. The molecule has 2 N–H and O–H groups in total. The Morgan fingerprint density at radius 2 is 1.84 bits per heavy atom. The number of amides is 1. The number of nitrogens with one attached hydrogen (secondary N) is 1. The fourth-order valence-corrected chi connectivity index (χ4v) is 4.04. The summed E-state index contributed by atoms with van der Waals surface area (Å²) in [6.45, 7) is 1.78. The van der Waals surface area contributed by atoms with Crippen molar-refractivity contribution >= 4 is 11.9 Å². The van der Waals surface area contributed by atoms with E-state index in [2.05, 4.69) is 5.32 Å². The van der Waals surface area contributed by atoms with Gasteiger partial charge in [0.15, 0.2) is 0 Å². The first-order valence-electron chi connectivity index (χ1n) is 7.54. The van der Waals surface area contributed by atoms with E-state index in [0.717, 1.165) is 43.9 Å². The minimum atomic E-state index is -0.782. The maximum Gasteiger partial charge on any atom is 0.311 e. The van der Waals surface area contributed by atoms with Crippen LogP contribution < -0.4 is 5.32 Å². The molecule has 4 heteroatoms. The topological polar surface area (TPSA) is 66.4 Å². The van der Waals surface area contributed by atoms with Crippen LogP contribution in [-0.4, -0.2) is 23.0 Å². The molecule has 0 aliphatic heterocycles. The van der Waals surface area contributed by atoms with Crippen molar-refractivity contribution in [3.63, 3.8) is 0 Å². The highest BCUT2D eigenvalue weighted by Gasteiger charge is 2.49. The lowest BCUT2D eigenvalue weighted by Crippen LogP contribution is -2.53. The highest BCUT2D eigenvalue weighted by Crippen LogP contribution is 2.54. The number of hydrogen-bond acceptors (Lipinski definition) is 2. The zero-order valence-electron chi connectivity index (χ0n) is 11.5. The van der Waals surface area contributed by atoms with Crippen molar-refractivity contribution in [2.24, 2.45) is 23.2 Å². The Labute approximate surface area is 113 Å². The molecule has 0 spiro atoms. The van der Waals surface area contributed by atoms with Crippen molar-refractivity contribution < 1.29 is 14.7 Å². The second kappa shape index (κ2) is 4.50. The molecule has 0 radical (unpaired) electrons. The average molecular weight is 265 g/mol. The molecule has 0 bridgehead atoms. The minimum Gasteiger partial charge on any atom is -0.481 e. The summed E-state index contributed by atoms with van der Waals surface area (Å²) in [5, 5.41) is 12.5. The average Bonchev–Trinajstić information content (AvgIpc) is 2.98. The number of rotatable bonds is 3. The molecule has 3 aliphatic rings. The quantitative estimate of drug-likeness (QED) is 0.822. The summed E-state index contributed by atoms with van der Waals surface area (Å²) in [7, 11) is 0. The first-order chi connectivity index (χ1) is 9.00. The third-order valence-corrected chi connectivity index (χ3v) is 5.63. The molecule has 4 nitrogen and oxygen atoms in total. The van der Waals surface area contributed by atoms with E-state index in [1.165, 1.54) is 6.42 Å². The van der Waals surface area contributed by atoms with E-state index in [-0.39, 0.29) is 17.9 Å². The van der Waals surface area contributed by atoms with Crippen LogP contribution in [0.25, 0.3) is 0 Å². The van der Waals surface area contributed by atoms with Crippen molar-refractivity contribution in [1.29, 1.82) is 0 Å². The van der Waals surface area contributed by atoms with Gasteiger partial charge in [0.25, 0.3) is 0 Å². The summed E-state index contributed by atoms with van der Waals surface area (Å²) in [5.74, 6) is 1.04. The van der Waals surface area contributed by atoms with Gasteiger partial charge < -0.3 is 10.4 Å². The van der Waals surface area contributed by atoms with Crippen molar-refractivity contribution in [1.82, 2.24) is 5.32 Å². The van der Waals surface area contributed by atoms with Gasteiger partial charge >= 0.3 is 5.97 Å². The zero-order chi connectivity index (χ0) is 13.6. The Bertz CT molecular complexity index is 398. The van der Waals surface area contributed by atoms with E-state index < -0.39 is 11.4 Å². The van der Waals surface area contributed by atoms with Crippen LogP contribution in [0.1, 0.15) is 51.9 Å². The molecule has 3 fully saturated rings. The maximum absolute atomic E-state index is 12.3. The van der Waals surface area contributed by atoms with Gasteiger partial charge in [-0.25, -0.2) is 0 Å². The molecule has 106 valence electrons. The van der Waals surface area contributed by atoms with Crippen LogP contribution in [0.15, 0.2) is 0 Å². The molecule has 0 saturated heterocycles. The van der Waals surface area contributed by atoms with Gasteiger partial charge in [0, 0.05) is 12.0 Å². The zero-order valence-corrected chi connectivity index (χ0v) is 11.5. The molecule has 3 rings (SSSR count). The van der Waals surface area contributed by atoms with Gasteiger partial charge in [-0.15, -0.1) is 0 Å². The van der Waals surface area contributed by atoms with Crippen LogP contribution in [0.2, 0.25) is 0 Å². The van der Waals surface area contributed by atoms with Crippen LogP contribution in [-0.2, 0) is 9.59 Å². The normalized spacial score (nSPS) is 44.5. The predicted molar refractivity (Wildman–Crippen MR) is 70.5 cm³/mol. The number of aliphatic carboxylic acids is 1. The molecular formula is C15H23NO3. The summed E-state index contributed by atoms with van der Waals surface area (Å²) >= 11 is 0. The molecule has 1 amide bonds. The van der Waals surface area contributed by atoms with Gasteiger partial charge in [0.1, 0.15) is 0 Å². The second-order valence-corrected chi connectivity index (χ2v) is 6.95. The smallest absolute Gasteiger partial charge is 0.311 e. The number of carbonyl (C=O) groups is 2. The molecule has 19 heavy (non-hydrogen) atoms. The van der Waals surface area contributed by atoms with Gasteiger partial charge in [0.05, 0.1) is 5.41 Å². The standard InChI is InChI=1S/C15H23NO3/c1-15(14(18)19)5-3-2-4-12(15)16-13(17)11-7-9-6-10(9)8-11/h9-12H,2-8H2,1H3,(H,16,17)(H,18,19). The first kappa shape index (κ1) is 12.9. The van der Waals surface area contributed by atoms with Gasteiger partial charge in [-0.3, -0.25) is 9.59 Å². The van der Waals surface area contributed by atoms with Crippen LogP contribution in [0.3, 0.4) is 0 Å². The largest absolute Gasteiger partial charge is 0.481 e. The Balaban J connectivity index is 1.63. The predicted octanol–water partition coefficient (Wildman–Crippen LogP) is 2.18. The van der Waals surface area contributed by atoms with Gasteiger partial charge in [0.2, 0.25) is 5.91 Å². The van der Waals surface area contributed by atoms with Gasteiger partial charge in [-0.2, -0.15) is 0 Å². The van der Waals surface area contributed by atoms with E-state index in [4.69, 9.17) is 0 Å². The number of fused-ring (bicyclic) bond motifs is 1. The Morgan fingerprint density at radius 1 is 1.16 bits per heavy atom. The van der Waals surface area contributed by atoms with E-state index in [9.17, 15) is 14.7 Å². The van der Waals surface area contributed by atoms with Crippen molar-refractivity contribution in [2.45, 2.75) is 57.9 Å². The third kappa shape index (κ3) is 2.26. The number of carboxylic acids is 1. The third-order valence-electron chi connectivity index (χ3n) is 5.63. The van der Waals surface area contributed by atoms with Crippen LogP contribution >= 0.6 is 0 Å². The maximum atomic E-state index is 12.3. The Morgan fingerprint density at radius 3 is 2.47 bits per heavy atom. The molecule has 3 aliphatic carbocycles. The summed E-state index contributed by atoms with van der Waals surface area (Å²) in [6.07, 6.45) is 6.78. The minimum absolute atomic E-state index is 0.103. The summed E-state index contributed by atoms with van der Waals surface area (Å²) in [4.78, 5) is 23.8. The van der Waals surface area contributed by atoms with Crippen molar-refractivity contribution in [3.05, 3.63) is 0 Å². The molecule has 4 atom stereocenters. The van der Waals surface area contributed by atoms with Crippen molar-refractivity contribution in [3.8, 4) is 0 Å². The monoisotopic (exact) mass is 265 g/mol. The highest BCUT2D eigenvalue weighted by atomic mass is 16.4. The fourth-order valence-electron chi connectivity index (χ4n) is 4.04. The summed E-state index contributed by atoms with van der Waals surface area (Å²) in [6, 6.07) is -0.192. The number of hydrogen-bond donors (Lipinski definition) is 2. The van der Waals surface area contributed by atoms with Gasteiger partial charge in [-0.05, 0) is 50.9 Å². The lowest BCUT2D eigenvalue weighted by Gasteiger charge is -2.38. The van der Waals surface area contributed by atoms with E-state index in [1.54, 1.807) is 6.92 Å². The first-order valence-corrected chi connectivity index (χ1v) is 7.54. The molecular weight excluding hydrogens is 242 g/mol. The van der Waals surface area contributed by atoms with E-state index >= 15 is 0 Å². The SMILES string of the molecule is CC1(C(=O)O)CCCCC1NC(=O)C1CC2CC2C1. The number of carboxylic acid groups (broad SMARTS) is 1. The number of carbonyl (C=O) groups excluding carboxylic acids is 1. The van der Waals surface area contributed by atoms with Gasteiger partial charge in [-0.1, -0.05) is 12.8 Å². The fraction of sp³-hybridized carbons (Fsp3) is 0.867.